The Bertz CT molecular complexity index is 1550. The fraction of sp³-hybridized carbons (Fsp3) is 0.357. The fourth-order valence-corrected chi connectivity index (χ4v) is 6.63. The number of alkyl carbamates (subject to hydrolysis) is 1. The van der Waals surface area contributed by atoms with E-state index in [1.165, 1.54) is 0 Å². The number of nitrogens with one attached hydrogen (secondary N) is 1. The highest BCUT2D eigenvalue weighted by atomic mass is 16.5. The first-order chi connectivity index (χ1) is 23.8. The molecular weight excluding hydrogens is 608 g/mol. The second-order valence-electron chi connectivity index (χ2n) is 13.0. The summed E-state index contributed by atoms with van der Waals surface area (Å²) < 4.78 is 5.33. The average molecular weight is 659 g/mol. The molecule has 0 saturated heterocycles. The van der Waals surface area contributed by atoms with Crippen LogP contribution < -0.4 is 11.1 Å². The molecule has 49 heavy (non-hydrogen) atoms. The number of amides is 2. The van der Waals surface area contributed by atoms with Crippen molar-refractivity contribution < 1.29 is 14.3 Å². The maximum absolute atomic E-state index is 13.2. The Kier molecular flexibility index (Phi) is 14.4. The molecule has 2 amide bonds. The number of ether oxygens (including phenoxy) is 1. The van der Waals surface area contributed by atoms with Crippen molar-refractivity contribution in [2.45, 2.75) is 69.9 Å². The van der Waals surface area contributed by atoms with Crippen LogP contribution in [0, 0.1) is 17.2 Å². The quantitative estimate of drug-likeness (QED) is 0.0994. The Morgan fingerprint density at radius 1 is 0.816 bits per heavy atom. The molecule has 0 saturated carbocycles. The Hall–Kier alpha value is -4.93. The molecule has 256 valence electrons. The summed E-state index contributed by atoms with van der Waals surface area (Å²) in [6.07, 6.45) is 2.84. The van der Waals surface area contributed by atoms with Crippen molar-refractivity contribution in [1.29, 1.82) is 5.26 Å². The van der Waals surface area contributed by atoms with Crippen LogP contribution in [0.3, 0.4) is 0 Å². The van der Waals surface area contributed by atoms with Gasteiger partial charge in [0.05, 0.1) is 17.5 Å². The van der Waals surface area contributed by atoms with Crippen molar-refractivity contribution in [3.63, 3.8) is 0 Å². The number of nitrogens with zero attached hydrogens (tertiary/aromatic N) is 2. The number of hydrogen-bond acceptors (Lipinski definition) is 5. The van der Waals surface area contributed by atoms with Crippen LogP contribution >= 0.6 is 0 Å². The van der Waals surface area contributed by atoms with E-state index in [1.54, 1.807) is 0 Å². The number of primary amides is 1. The lowest BCUT2D eigenvalue weighted by Gasteiger charge is -2.36. The van der Waals surface area contributed by atoms with Gasteiger partial charge in [-0.3, -0.25) is 9.69 Å². The van der Waals surface area contributed by atoms with Gasteiger partial charge in [0, 0.05) is 19.0 Å². The summed E-state index contributed by atoms with van der Waals surface area (Å²) in [6.45, 7) is 6.06. The van der Waals surface area contributed by atoms with Gasteiger partial charge in [0.1, 0.15) is 6.61 Å². The van der Waals surface area contributed by atoms with E-state index in [9.17, 15) is 14.9 Å². The lowest BCUT2D eigenvalue weighted by Crippen LogP contribution is -2.47. The Balaban J connectivity index is 1.48. The molecule has 2 atom stereocenters. The molecule has 0 heterocycles. The van der Waals surface area contributed by atoms with E-state index in [0.29, 0.717) is 45.3 Å². The molecule has 3 N–H and O–H groups in total. The van der Waals surface area contributed by atoms with Crippen LogP contribution in [0.4, 0.5) is 4.79 Å². The van der Waals surface area contributed by atoms with Crippen LogP contribution in [-0.2, 0) is 21.6 Å². The minimum atomic E-state index is -0.645. The number of rotatable bonds is 19. The highest BCUT2D eigenvalue weighted by Crippen LogP contribution is 2.37. The molecule has 4 aromatic rings. The number of unbranched alkanes of at least 4 members (excludes halogenated alkanes) is 1. The summed E-state index contributed by atoms with van der Waals surface area (Å²) in [4.78, 5) is 27.7. The molecule has 0 bridgehead atoms. The molecule has 0 fully saturated rings. The molecule has 0 aromatic heterocycles. The molecule has 0 aliphatic rings. The van der Waals surface area contributed by atoms with Crippen molar-refractivity contribution in [3.8, 4) is 6.07 Å². The van der Waals surface area contributed by atoms with E-state index >= 15 is 0 Å². The minimum Gasteiger partial charge on any atom is -0.445 e. The molecule has 0 radical (unpaired) electrons. The molecule has 1 unspecified atom stereocenters. The maximum atomic E-state index is 13.2. The zero-order valence-electron chi connectivity index (χ0n) is 28.8. The standard InChI is InChI=1S/C42H50N4O3/c1-33(2)42(32-43,37-24-13-6-14-25-37)27-17-29-46(30-38(35-20-9-4-10-21-35)36-22-11-5-12-23-36)39(40(44)47)26-15-16-28-45-41(48)49-31-34-18-7-3-8-19-34/h3-14,18-25,33,38-39H,15-17,26-31H2,1-2H3,(H2,44,47)(H,45,48)/t39-,42?/m0/s1. The van der Waals surface area contributed by atoms with Gasteiger partial charge in [-0.15, -0.1) is 0 Å². The summed E-state index contributed by atoms with van der Waals surface area (Å²) in [5.41, 5.74) is 9.78. The van der Waals surface area contributed by atoms with Crippen LogP contribution in [0.2, 0.25) is 0 Å². The second-order valence-corrected chi connectivity index (χ2v) is 13.0. The van der Waals surface area contributed by atoms with Gasteiger partial charge >= 0.3 is 6.09 Å². The van der Waals surface area contributed by atoms with Gasteiger partial charge in [-0.05, 0) is 66.8 Å². The highest BCUT2D eigenvalue weighted by Gasteiger charge is 2.36. The molecule has 7 heteroatoms. The molecule has 0 spiro atoms. The third-order valence-electron chi connectivity index (χ3n) is 9.47. The van der Waals surface area contributed by atoms with Crippen LogP contribution in [0.1, 0.15) is 74.1 Å². The lowest BCUT2D eigenvalue weighted by atomic mass is 9.70. The van der Waals surface area contributed by atoms with E-state index in [-0.39, 0.29) is 24.3 Å². The van der Waals surface area contributed by atoms with Crippen LogP contribution in [-0.4, -0.2) is 42.6 Å². The van der Waals surface area contributed by atoms with Gasteiger partial charge in [0.25, 0.3) is 0 Å². The van der Waals surface area contributed by atoms with Gasteiger partial charge in [0.2, 0.25) is 5.91 Å². The van der Waals surface area contributed by atoms with Crippen molar-refractivity contribution in [2.75, 3.05) is 19.6 Å². The Labute approximate surface area is 292 Å². The second kappa shape index (κ2) is 19.2. The smallest absolute Gasteiger partial charge is 0.407 e. The van der Waals surface area contributed by atoms with Crippen molar-refractivity contribution in [3.05, 3.63) is 144 Å². The monoisotopic (exact) mass is 658 g/mol. The predicted octanol–water partition coefficient (Wildman–Crippen LogP) is 7.97. The molecular formula is C42H50N4O3. The van der Waals surface area contributed by atoms with E-state index in [1.807, 2.05) is 97.1 Å². The number of hydrogen-bond donors (Lipinski definition) is 2. The van der Waals surface area contributed by atoms with Gasteiger partial charge in [-0.2, -0.15) is 5.26 Å². The first-order valence-electron chi connectivity index (χ1n) is 17.4. The van der Waals surface area contributed by atoms with Crippen molar-refractivity contribution in [2.24, 2.45) is 11.7 Å². The predicted molar refractivity (Wildman–Crippen MR) is 196 cm³/mol. The van der Waals surface area contributed by atoms with E-state index in [0.717, 1.165) is 28.7 Å². The van der Waals surface area contributed by atoms with E-state index in [2.05, 4.69) is 54.4 Å². The number of nitrogens with two attached hydrogens (primary N) is 1. The van der Waals surface area contributed by atoms with Crippen LogP contribution in [0.15, 0.2) is 121 Å². The zero-order valence-corrected chi connectivity index (χ0v) is 28.8. The molecule has 4 rings (SSSR count). The first kappa shape index (κ1) is 36.9. The maximum Gasteiger partial charge on any atom is 0.407 e. The molecule has 4 aromatic carbocycles. The van der Waals surface area contributed by atoms with Crippen LogP contribution in [0.5, 0.6) is 0 Å². The summed E-state index contributed by atoms with van der Waals surface area (Å²) in [6, 6.07) is 42.5. The third kappa shape index (κ3) is 10.8. The summed E-state index contributed by atoms with van der Waals surface area (Å²) in [7, 11) is 0. The van der Waals surface area contributed by atoms with Gasteiger partial charge in [-0.1, -0.05) is 135 Å². The number of benzene rings is 4. The van der Waals surface area contributed by atoms with Crippen LogP contribution in [0.25, 0.3) is 0 Å². The van der Waals surface area contributed by atoms with E-state index in [4.69, 9.17) is 10.5 Å². The largest absolute Gasteiger partial charge is 0.445 e. The average Bonchev–Trinajstić information content (AvgIpc) is 3.13. The van der Waals surface area contributed by atoms with Crippen molar-refractivity contribution in [1.82, 2.24) is 10.2 Å². The lowest BCUT2D eigenvalue weighted by molar-refractivity contribution is -0.123. The molecule has 0 aliphatic heterocycles. The topological polar surface area (TPSA) is 108 Å². The van der Waals surface area contributed by atoms with E-state index < -0.39 is 17.6 Å². The Morgan fingerprint density at radius 3 is 1.90 bits per heavy atom. The van der Waals surface area contributed by atoms with Gasteiger partial charge in [-0.25, -0.2) is 4.79 Å². The summed E-state index contributed by atoms with van der Waals surface area (Å²) in [5.74, 6) is -0.243. The number of carbonyl (C=O) groups is 2. The van der Waals surface area contributed by atoms with Crippen molar-refractivity contribution >= 4 is 12.0 Å². The zero-order chi connectivity index (χ0) is 34.9. The highest BCUT2D eigenvalue weighted by molar-refractivity contribution is 5.79. The number of carbonyl (C=O) groups excluding carboxylic acids is 2. The van der Waals surface area contributed by atoms with Gasteiger partial charge < -0.3 is 15.8 Å². The normalized spacial score (nSPS) is 13.1. The fourth-order valence-electron chi connectivity index (χ4n) is 6.63. The Morgan fingerprint density at radius 2 is 1.37 bits per heavy atom. The summed E-state index contributed by atoms with van der Waals surface area (Å²) >= 11 is 0. The molecule has 7 nitrogen and oxygen atoms in total. The number of nitriles is 1. The van der Waals surface area contributed by atoms with Gasteiger partial charge in [0.15, 0.2) is 0 Å². The summed E-state index contributed by atoms with van der Waals surface area (Å²) in [5, 5.41) is 13.3. The first-order valence-corrected chi connectivity index (χ1v) is 17.4. The third-order valence-corrected chi connectivity index (χ3v) is 9.47. The SMILES string of the molecule is CC(C)C(C#N)(CCCN(CC(c1ccccc1)c1ccccc1)[C@@H](CCCCNC(=O)OCc1ccccc1)C(N)=O)c1ccccc1. The minimum absolute atomic E-state index is 0.0187. The molecule has 0 aliphatic carbocycles.